The van der Waals surface area contributed by atoms with Gasteiger partial charge in [-0.2, -0.15) is 0 Å². The van der Waals surface area contributed by atoms with E-state index in [4.69, 9.17) is 4.74 Å². The summed E-state index contributed by atoms with van der Waals surface area (Å²) in [6.07, 6.45) is 0.717. The van der Waals surface area contributed by atoms with Gasteiger partial charge in [0.2, 0.25) is 0 Å². The lowest BCUT2D eigenvalue weighted by atomic mass is 10.1. The number of rotatable bonds is 5. The Morgan fingerprint density at radius 3 is 2.52 bits per heavy atom. The number of para-hydroxylation sites is 1. The second-order valence-corrected chi connectivity index (χ2v) is 6.27. The summed E-state index contributed by atoms with van der Waals surface area (Å²) >= 11 is 0. The van der Waals surface area contributed by atoms with E-state index in [9.17, 15) is 9.59 Å². The summed E-state index contributed by atoms with van der Waals surface area (Å²) in [5.41, 5.74) is 1.59. The highest BCUT2D eigenvalue weighted by Gasteiger charge is 2.30. The van der Waals surface area contributed by atoms with Gasteiger partial charge in [0.15, 0.2) is 0 Å². The van der Waals surface area contributed by atoms with Gasteiger partial charge in [0.1, 0.15) is 11.7 Å². The quantitative estimate of drug-likeness (QED) is 0.846. The molecule has 1 aromatic heterocycles. The molecular formula is C19H25N3O3. The zero-order valence-corrected chi connectivity index (χ0v) is 14.8. The molecule has 0 spiro atoms. The van der Waals surface area contributed by atoms with Gasteiger partial charge in [-0.25, -0.2) is 0 Å². The van der Waals surface area contributed by atoms with Crippen molar-refractivity contribution in [2.75, 3.05) is 32.8 Å². The first-order chi connectivity index (χ1) is 12.1. The summed E-state index contributed by atoms with van der Waals surface area (Å²) in [5, 5.41) is 1.04. The molecular weight excluding hydrogens is 318 g/mol. The monoisotopic (exact) mass is 343 g/mol. The van der Waals surface area contributed by atoms with Crippen LogP contribution in [0.25, 0.3) is 10.9 Å². The van der Waals surface area contributed by atoms with E-state index in [0.717, 1.165) is 17.3 Å². The first kappa shape index (κ1) is 17.5. The second-order valence-electron chi connectivity index (χ2n) is 6.27. The van der Waals surface area contributed by atoms with E-state index in [0.29, 0.717) is 38.5 Å². The number of hydrogen-bond donors (Lipinski definition) is 1. The normalized spacial score (nSPS) is 16.8. The maximum Gasteiger partial charge on any atom is 0.323 e. The summed E-state index contributed by atoms with van der Waals surface area (Å²) in [6.45, 7) is 6.81. The Labute approximate surface area is 147 Å². The van der Waals surface area contributed by atoms with Gasteiger partial charge in [-0.15, -0.1) is 0 Å². The molecule has 2 heterocycles. The molecule has 3 rings (SSSR count). The fraction of sp³-hybridized carbons (Fsp3) is 0.474. The van der Waals surface area contributed by atoms with Crippen LogP contribution in [0.3, 0.4) is 0 Å². The van der Waals surface area contributed by atoms with Gasteiger partial charge < -0.3 is 14.6 Å². The predicted molar refractivity (Wildman–Crippen MR) is 96.5 cm³/mol. The predicted octanol–water partition coefficient (Wildman–Crippen LogP) is 2.27. The number of H-pyrrole nitrogens is 1. The van der Waals surface area contributed by atoms with E-state index in [2.05, 4.69) is 9.88 Å². The number of fused-ring (bicyclic) bond motifs is 1. The number of carbonyl (C=O) groups is 2. The zero-order chi connectivity index (χ0) is 17.8. The number of aromatic nitrogens is 1. The Balaban J connectivity index is 1.63. The van der Waals surface area contributed by atoms with E-state index in [1.54, 1.807) is 0 Å². The number of esters is 1. The zero-order valence-electron chi connectivity index (χ0n) is 14.8. The molecule has 0 saturated carbocycles. The fourth-order valence-corrected chi connectivity index (χ4v) is 3.41. The molecule has 1 aliphatic rings. The number of benzene rings is 1. The van der Waals surface area contributed by atoms with E-state index in [1.165, 1.54) is 0 Å². The third kappa shape index (κ3) is 3.69. The number of piperazine rings is 1. The Hall–Kier alpha value is -2.34. The summed E-state index contributed by atoms with van der Waals surface area (Å²) in [6, 6.07) is 9.55. The van der Waals surface area contributed by atoms with Gasteiger partial charge in [-0.3, -0.25) is 14.5 Å². The molecule has 6 heteroatoms. The molecule has 1 amide bonds. The lowest BCUT2D eigenvalue weighted by molar-refractivity contribution is -0.150. The van der Waals surface area contributed by atoms with Crippen molar-refractivity contribution in [3.8, 4) is 0 Å². The average molecular weight is 343 g/mol. The molecule has 6 nitrogen and oxygen atoms in total. The number of ether oxygens (including phenoxy) is 1. The molecule has 2 aromatic rings. The maximum atomic E-state index is 12.7. The molecule has 0 bridgehead atoms. The standard InChI is InChI=1S/C19H25N3O3/c1-3-17(19(24)25-4-2)21-9-11-22(12-10-21)18(23)16-13-14-7-5-6-8-15(14)20-16/h5-8,13,17,20H,3-4,9-12H2,1-2H3. The number of nitrogens with zero attached hydrogens (tertiary/aromatic N) is 2. The smallest absolute Gasteiger partial charge is 0.323 e. The van der Waals surface area contributed by atoms with Crippen LogP contribution in [0, 0.1) is 0 Å². The summed E-state index contributed by atoms with van der Waals surface area (Å²) in [5.74, 6) is -0.152. The van der Waals surface area contributed by atoms with E-state index >= 15 is 0 Å². The van der Waals surface area contributed by atoms with Gasteiger partial charge >= 0.3 is 5.97 Å². The van der Waals surface area contributed by atoms with Crippen LogP contribution < -0.4 is 0 Å². The van der Waals surface area contributed by atoms with Crippen molar-refractivity contribution >= 4 is 22.8 Å². The van der Waals surface area contributed by atoms with Crippen LogP contribution in [0.4, 0.5) is 0 Å². The Morgan fingerprint density at radius 1 is 1.16 bits per heavy atom. The molecule has 0 aliphatic carbocycles. The van der Waals surface area contributed by atoms with Crippen LogP contribution in [0.15, 0.2) is 30.3 Å². The molecule has 134 valence electrons. The number of amides is 1. The van der Waals surface area contributed by atoms with Crippen LogP contribution in [0.5, 0.6) is 0 Å². The van der Waals surface area contributed by atoms with Crippen molar-refractivity contribution in [1.82, 2.24) is 14.8 Å². The van der Waals surface area contributed by atoms with Crippen LogP contribution in [-0.4, -0.2) is 65.5 Å². The minimum Gasteiger partial charge on any atom is -0.465 e. The highest BCUT2D eigenvalue weighted by Crippen LogP contribution is 2.18. The molecule has 1 N–H and O–H groups in total. The highest BCUT2D eigenvalue weighted by atomic mass is 16.5. The number of nitrogens with one attached hydrogen (secondary N) is 1. The van der Waals surface area contributed by atoms with E-state index < -0.39 is 0 Å². The van der Waals surface area contributed by atoms with Crippen LogP contribution in [0.2, 0.25) is 0 Å². The number of aromatic amines is 1. The lowest BCUT2D eigenvalue weighted by Crippen LogP contribution is -2.54. The SMILES string of the molecule is CCOC(=O)C(CC)N1CCN(C(=O)c2cc3ccccc3[nH]2)CC1. The minimum absolute atomic E-state index is 0.0139. The first-order valence-corrected chi connectivity index (χ1v) is 8.91. The molecule has 1 unspecified atom stereocenters. The third-order valence-corrected chi connectivity index (χ3v) is 4.75. The van der Waals surface area contributed by atoms with Gasteiger partial charge in [-0.05, 0) is 25.5 Å². The third-order valence-electron chi connectivity index (χ3n) is 4.75. The molecule has 1 saturated heterocycles. The van der Waals surface area contributed by atoms with Crippen molar-refractivity contribution in [3.05, 3.63) is 36.0 Å². The van der Waals surface area contributed by atoms with Crippen molar-refractivity contribution in [1.29, 1.82) is 0 Å². The Bertz CT molecular complexity index is 714. The Morgan fingerprint density at radius 2 is 1.88 bits per heavy atom. The first-order valence-electron chi connectivity index (χ1n) is 8.91. The minimum atomic E-state index is -0.217. The second kappa shape index (κ2) is 7.70. The molecule has 25 heavy (non-hydrogen) atoms. The molecule has 1 aromatic carbocycles. The van der Waals surface area contributed by atoms with Gasteiger partial charge in [0.05, 0.1) is 6.61 Å². The summed E-state index contributed by atoms with van der Waals surface area (Å²) in [4.78, 5) is 32.0. The van der Waals surface area contributed by atoms with Gasteiger partial charge in [0, 0.05) is 37.1 Å². The molecule has 1 atom stereocenters. The van der Waals surface area contributed by atoms with E-state index in [1.807, 2.05) is 49.1 Å². The van der Waals surface area contributed by atoms with Crippen molar-refractivity contribution in [3.63, 3.8) is 0 Å². The van der Waals surface area contributed by atoms with Gasteiger partial charge in [0.25, 0.3) is 5.91 Å². The molecule has 0 radical (unpaired) electrons. The highest BCUT2D eigenvalue weighted by molar-refractivity contribution is 5.98. The van der Waals surface area contributed by atoms with E-state index in [-0.39, 0.29) is 17.9 Å². The molecule has 1 aliphatic heterocycles. The average Bonchev–Trinajstić information content (AvgIpc) is 3.07. The number of carbonyl (C=O) groups excluding carboxylic acids is 2. The largest absolute Gasteiger partial charge is 0.465 e. The summed E-state index contributed by atoms with van der Waals surface area (Å²) in [7, 11) is 0. The number of hydrogen-bond acceptors (Lipinski definition) is 4. The topological polar surface area (TPSA) is 65.6 Å². The van der Waals surface area contributed by atoms with Crippen LogP contribution in [0.1, 0.15) is 30.8 Å². The van der Waals surface area contributed by atoms with Crippen molar-refractivity contribution < 1.29 is 14.3 Å². The van der Waals surface area contributed by atoms with Crippen LogP contribution in [-0.2, 0) is 9.53 Å². The fourth-order valence-electron chi connectivity index (χ4n) is 3.41. The molecule has 1 fully saturated rings. The Kier molecular flexibility index (Phi) is 5.38. The van der Waals surface area contributed by atoms with Gasteiger partial charge in [-0.1, -0.05) is 25.1 Å². The van der Waals surface area contributed by atoms with Crippen molar-refractivity contribution in [2.45, 2.75) is 26.3 Å². The van der Waals surface area contributed by atoms with Crippen LogP contribution >= 0.6 is 0 Å². The maximum absolute atomic E-state index is 12.7. The summed E-state index contributed by atoms with van der Waals surface area (Å²) < 4.78 is 5.16. The van der Waals surface area contributed by atoms with Crippen molar-refractivity contribution in [2.24, 2.45) is 0 Å². The lowest BCUT2D eigenvalue weighted by Gasteiger charge is -2.37.